The first kappa shape index (κ1) is 14.4. The maximum absolute atomic E-state index is 11.8. The van der Waals surface area contributed by atoms with E-state index in [9.17, 15) is 4.79 Å². The van der Waals surface area contributed by atoms with Crippen LogP contribution in [0.15, 0.2) is 33.9 Å². The Balaban J connectivity index is 1.88. The molecular formula is C13H13IN2O2S. The third-order valence-electron chi connectivity index (χ3n) is 2.44. The molecule has 0 bridgehead atoms. The molecule has 0 fully saturated rings. The van der Waals surface area contributed by atoms with Crippen molar-refractivity contribution in [1.82, 2.24) is 4.98 Å². The molecule has 0 unspecified atom stereocenters. The Morgan fingerprint density at radius 1 is 1.47 bits per heavy atom. The number of benzene rings is 1. The number of oxazole rings is 1. The third kappa shape index (κ3) is 4.24. The number of halogens is 1. The van der Waals surface area contributed by atoms with Crippen LogP contribution in [0.4, 0.5) is 5.69 Å². The van der Waals surface area contributed by atoms with Crippen LogP contribution in [-0.4, -0.2) is 16.6 Å². The van der Waals surface area contributed by atoms with Crippen molar-refractivity contribution in [3.63, 3.8) is 0 Å². The van der Waals surface area contributed by atoms with E-state index >= 15 is 0 Å². The molecule has 2 aromatic rings. The maximum atomic E-state index is 11.8. The number of aromatic nitrogens is 1. The van der Waals surface area contributed by atoms with Gasteiger partial charge in [0.15, 0.2) is 0 Å². The van der Waals surface area contributed by atoms with Gasteiger partial charge in [-0.2, -0.15) is 0 Å². The van der Waals surface area contributed by atoms with Crippen LogP contribution in [0.2, 0.25) is 0 Å². The molecule has 100 valence electrons. The second-order valence-electron chi connectivity index (χ2n) is 3.97. The van der Waals surface area contributed by atoms with Gasteiger partial charge in [0, 0.05) is 9.26 Å². The Hall–Kier alpha value is -1.02. The van der Waals surface area contributed by atoms with E-state index in [-0.39, 0.29) is 11.7 Å². The summed E-state index contributed by atoms with van der Waals surface area (Å²) in [4.78, 5) is 16.0. The normalized spacial score (nSPS) is 10.5. The number of hydrogen-bond donors (Lipinski definition) is 1. The highest BCUT2D eigenvalue weighted by Crippen LogP contribution is 2.20. The standard InChI is InChI=1S/C13H13IN2O2S/c1-8-9(2)18-13(15-8)19-7-12(17)16-11-5-3-4-10(14)6-11/h3-6H,7H2,1-2H3,(H,16,17). The zero-order valence-corrected chi connectivity index (χ0v) is 13.5. The molecule has 0 aliphatic carbocycles. The van der Waals surface area contributed by atoms with Gasteiger partial charge in [0.1, 0.15) is 5.76 Å². The highest BCUT2D eigenvalue weighted by molar-refractivity contribution is 14.1. The van der Waals surface area contributed by atoms with Gasteiger partial charge in [-0.05, 0) is 54.6 Å². The van der Waals surface area contributed by atoms with E-state index in [2.05, 4.69) is 32.9 Å². The monoisotopic (exact) mass is 388 g/mol. The van der Waals surface area contributed by atoms with Crippen molar-refractivity contribution in [2.24, 2.45) is 0 Å². The number of nitrogens with zero attached hydrogens (tertiary/aromatic N) is 1. The first-order valence-corrected chi connectivity index (χ1v) is 7.73. The number of hydrogen-bond acceptors (Lipinski definition) is 4. The molecule has 0 spiro atoms. The molecule has 2 rings (SSSR count). The van der Waals surface area contributed by atoms with Gasteiger partial charge in [-0.15, -0.1) is 0 Å². The first-order valence-electron chi connectivity index (χ1n) is 5.67. The highest BCUT2D eigenvalue weighted by atomic mass is 127. The van der Waals surface area contributed by atoms with Crippen molar-refractivity contribution in [1.29, 1.82) is 0 Å². The number of aryl methyl sites for hydroxylation is 2. The van der Waals surface area contributed by atoms with Crippen LogP contribution in [0, 0.1) is 17.4 Å². The van der Waals surface area contributed by atoms with Crippen molar-refractivity contribution in [2.45, 2.75) is 19.1 Å². The van der Waals surface area contributed by atoms with Crippen molar-refractivity contribution in [3.8, 4) is 0 Å². The number of thioether (sulfide) groups is 1. The average Bonchev–Trinajstić information content (AvgIpc) is 2.66. The molecule has 0 radical (unpaired) electrons. The van der Waals surface area contributed by atoms with Gasteiger partial charge in [0.05, 0.1) is 11.4 Å². The van der Waals surface area contributed by atoms with Gasteiger partial charge >= 0.3 is 0 Å². The van der Waals surface area contributed by atoms with E-state index in [0.717, 1.165) is 20.7 Å². The minimum atomic E-state index is -0.0690. The Morgan fingerprint density at radius 3 is 2.89 bits per heavy atom. The molecule has 0 saturated heterocycles. The number of rotatable bonds is 4. The molecule has 19 heavy (non-hydrogen) atoms. The van der Waals surface area contributed by atoms with Gasteiger partial charge < -0.3 is 9.73 Å². The van der Waals surface area contributed by atoms with Crippen LogP contribution in [0.5, 0.6) is 0 Å². The molecule has 1 N–H and O–H groups in total. The fourth-order valence-electron chi connectivity index (χ4n) is 1.40. The molecule has 6 heteroatoms. The fourth-order valence-corrected chi connectivity index (χ4v) is 2.65. The predicted molar refractivity (Wildman–Crippen MR) is 84.5 cm³/mol. The van der Waals surface area contributed by atoms with Crippen molar-refractivity contribution < 1.29 is 9.21 Å². The molecule has 1 heterocycles. The Labute approximate surface area is 129 Å². The molecular weight excluding hydrogens is 375 g/mol. The fraction of sp³-hybridized carbons (Fsp3) is 0.231. The lowest BCUT2D eigenvalue weighted by Crippen LogP contribution is -2.13. The molecule has 0 atom stereocenters. The Morgan fingerprint density at radius 2 is 2.26 bits per heavy atom. The average molecular weight is 388 g/mol. The van der Waals surface area contributed by atoms with Crippen molar-refractivity contribution in [2.75, 3.05) is 11.1 Å². The number of carbonyl (C=O) groups excluding carboxylic acids is 1. The van der Waals surface area contributed by atoms with Gasteiger partial charge in [-0.3, -0.25) is 4.79 Å². The first-order chi connectivity index (χ1) is 9.04. The van der Waals surface area contributed by atoms with Gasteiger partial charge in [-0.25, -0.2) is 4.98 Å². The number of carbonyl (C=O) groups is 1. The lowest BCUT2D eigenvalue weighted by Gasteiger charge is -2.04. The van der Waals surface area contributed by atoms with E-state index in [0.29, 0.717) is 5.22 Å². The summed E-state index contributed by atoms with van der Waals surface area (Å²) in [6, 6.07) is 7.67. The zero-order valence-electron chi connectivity index (χ0n) is 10.6. The lowest BCUT2D eigenvalue weighted by atomic mass is 10.3. The summed E-state index contributed by atoms with van der Waals surface area (Å²) < 4.78 is 6.49. The summed E-state index contributed by atoms with van der Waals surface area (Å²) in [6.45, 7) is 3.74. The summed E-state index contributed by atoms with van der Waals surface area (Å²) in [6.07, 6.45) is 0. The Kier molecular flexibility index (Phi) is 4.87. The van der Waals surface area contributed by atoms with Gasteiger partial charge in [0.2, 0.25) is 5.91 Å². The van der Waals surface area contributed by atoms with Crippen molar-refractivity contribution in [3.05, 3.63) is 39.3 Å². The van der Waals surface area contributed by atoms with Crippen LogP contribution in [0.25, 0.3) is 0 Å². The quantitative estimate of drug-likeness (QED) is 0.642. The maximum Gasteiger partial charge on any atom is 0.256 e. The van der Waals surface area contributed by atoms with E-state index in [1.54, 1.807) is 0 Å². The second-order valence-corrected chi connectivity index (χ2v) is 6.14. The summed E-state index contributed by atoms with van der Waals surface area (Å²) in [5, 5.41) is 3.38. The smallest absolute Gasteiger partial charge is 0.256 e. The molecule has 0 aliphatic rings. The molecule has 1 aromatic heterocycles. The lowest BCUT2D eigenvalue weighted by molar-refractivity contribution is -0.113. The molecule has 4 nitrogen and oxygen atoms in total. The Bertz CT molecular complexity index is 579. The summed E-state index contributed by atoms with van der Waals surface area (Å²) in [7, 11) is 0. The summed E-state index contributed by atoms with van der Waals surface area (Å²) in [5.41, 5.74) is 1.66. The van der Waals surface area contributed by atoms with E-state index in [4.69, 9.17) is 4.42 Å². The second kappa shape index (κ2) is 6.42. The highest BCUT2D eigenvalue weighted by Gasteiger charge is 2.09. The SMILES string of the molecule is Cc1nc(SCC(=O)Nc2cccc(I)c2)oc1C. The minimum absolute atomic E-state index is 0.0690. The van der Waals surface area contributed by atoms with Crippen LogP contribution in [-0.2, 0) is 4.79 Å². The number of anilines is 1. The van der Waals surface area contributed by atoms with E-state index in [1.165, 1.54) is 11.8 Å². The van der Waals surface area contributed by atoms with Crippen LogP contribution < -0.4 is 5.32 Å². The molecule has 1 aromatic carbocycles. The van der Waals surface area contributed by atoms with Crippen LogP contribution >= 0.6 is 34.4 Å². The summed E-state index contributed by atoms with van der Waals surface area (Å²) >= 11 is 3.50. The van der Waals surface area contributed by atoms with E-state index in [1.807, 2.05) is 38.1 Å². The zero-order chi connectivity index (χ0) is 13.8. The number of nitrogens with one attached hydrogen (secondary N) is 1. The van der Waals surface area contributed by atoms with E-state index < -0.39 is 0 Å². The minimum Gasteiger partial charge on any atom is -0.437 e. The number of amides is 1. The van der Waals surface area contributed by atoms with Gasteiger partial charge in [0.25, 0.3) is 5.22 Å². The van der Waals surface area contributed by atoms with Gasteiger partial charge in [-0.1, -0.05) is 17.8 Å². The molecule has 0 saturated carbocycles. The molecule has 1 amide bonds. The summed E-state index contributed by atoms with van der Waals surface area (Å²) in [5.74, 6) is 1.01. The largest absolute Gasteiger partial charge is 0.437 e. The third-order valence-corrected chi connectivity index (χ3v) is 3.94. The van der Waals surface area contributed by atoms with Crippen molar-refractivity contribution >= 4 is 45.9 Å². The topological polar surface area (TPSA) is 55.1 Å². The predicted octanol–water partition coefficient (Wildman–Crippen LogP) is 3.63. The van der Waals surface area contributed by atoms with Crippen LogP contribution in [0.3, 0.4) is 0 Å². The molecule has 0 aliphatic heterocycles. The van der Waals surface area contributed by atoms with Crippen LogP contribution in [0.1, 0.15) is 11.5 Å².